The second kappa shape index (κ2) is 7.37. The summed E-state index contributed by atoms with van der Waals surface area (Å²) in [6.45, 7) is 6.58. The summed E-state index contributed by atoms with van der Waals surface area (Å²) >= 11 is 1.59. The van der Waals surface area contributed by atoms with Crippen LogP contribution in [0.5, 0.6) is 0 Å². The molecule has 126 valence electrons. The van der Waals surface area contributed by atoms with Crippen molar-refractivity contribution in [3.63, 3.8) is 0 Å². The van der Waals surface area contributed by atoms with Gasteiger partial charge in [-0.3, -0.25) is 14.5 Å². The van der Waals surface area contributed by atoms with Crippen LogP contribution in [0.2, 0.25) is 0 Å². The average Bonchev–Trinajstić information content (AvgIpc) is 3.10. The van der Waals surface area contributed by atoms with Gasteiger partial charge in [0.1, 0.15) is 11.1 Å². The smallest absolute Gasteiger partial charge is 0.236 e. The number of hydrogen-bond acceptors (Lipinski definition) is 6. The van der Waals surface area contributed by atoms with Gasteiger partial charge in [-0.2, -0.15) is 0 Å². The van der Waals surface area contributed by atoms with E-state index in [1.165, 1.54) is 0 Å². The highest BCUT2D eigenvalue weighted by atomic mass is 32.1. The monoisotopic (exact) mass is 338 g/mol. The van der Waals surface area contributed by atoms with E-state index in [-0.39, 0.29) is 17.9 Å². The van der Waals surface area contributed by atoms with Gasteiger partial charge in [-0.15, -0.1) is 11.3 Å². The summed E-state index contributed by atoms with van der Waals surface area (Å²) in [6, 6.07) is 0. The Hall–Kier alpha value is -1.51. The Morgan fingerprint density at radius 3 is 2.65 bits per heavy atom. The number of hydrogen-bond donors (Lipinski definition) is 0. The molecule has 2 saturated heterocycles. The molecule has 2 amide bonds. The van der Waals surface area contributed by atoms with E-state index < -0.39 is 0 Å². The third kappa shape index (κ3) is 4.07. The molecule has 0 radical (unpaired) electrons. The van der Waals surface area contributed by atoms with Gasteiger partial charge in [-0.1, -0.05) is 0 Å². The highest BCUT2D eigenvalue weighted by Crippen LogP contribution is 2.23. The first-order chi connectivity index (χ1) is 11.1. The van der Waals surface area contributed by atoms with Crippen LogP contribution in [-0.4, -0.2) is 83.9 Å². The molecule has 2 aliphatic heterocycles. The van der Waals surface area contributed by atoms with Crippen molar-refractivity contribution in [2.75, 3.05) is 52.4 Å². The molecule has 1 aromatic heterocycles. The fourth-order valence-corrected chi connectivity index (χ4v) is 3.63. The number of morpholine rings is 1. The molecule has 1 atom stereocenters. The molecule has 2 aliphatic rings. The molecule has 8 heteroatoms. The van der Waals surface area contributed by atoms with Crippen molar-refractivity contribution in [3.8, 4) is 0 Å². The number of thiazole rings is 1. The van der Waals surface area contributed by atoms with Crippen LogP contribution in [0.1, 0.15) is 18.0 Å². The van der Waals surface area contributed by atoms with Crippen molar-refractivity contribution in [1.82, 2.24) is 19.7 Å². The largest absolute Gasteiger partial charge is 0.368 e. The zero-order chi connectivity index (χ0) is 16.2. The molecule has 0 N–H and O–H groups in total. The molecule has 1 aromatic rings. The number of rotatable bonds is 3. The normalized spacial score (nSPS) is 23.1. The van der Waals surface area contributed by atoms with E-state index in [2.05, 4.69) is 9.88 Å². The van der Waals surface area contributed by atoms with Crippen LogP contribution in [0, 0.1) is 0 Å². The van der Waals surface area contributed by atoms with Crippen LogP contribution >= 0.6 is 11.3 Å². The maximum atomic E-state index is 12.5. The van der Waals surface area contributed by atoms with E-state index in [4.69, 9.17) is 4.74 Å². The van der Waals surface area contributed by atoms with Crippen LogP contribution in [0.3, 0.4) is 0 Å². The van der Waals surface area contributed by atoms with E-state index in [0.29, 0.717) is 45.9 Å². The summed E-state index contributed by atoms with van der Waals surface area (Å²) in [6.07, 6.45) is 1.74. The van der Waals surface area contributed by atoms with Gasteiger partial charge in [0.05, 0.1) is 13.2 Å². The maximum absolute atomic E-state index is 12.5. The number of carbonyl (C=O) groups excluding carboxylic acids is 2. The molecule has 7 nitrogen and oxygen atoms in total. The maximum Gasteiger partial charge on any atom is 0.236 e. The molecule has 3 rings (SSSR count). The highest BCUT2D eigenvalue weighted by Gasteiger charge is 2.28. The third-order valence-electron chi connectivity index (χ3n) is 4.31. The Kier molecular flexibility index (Phi) is 5.24. The van der Waals surface area contributed by atoms with E-state index in [9.17, 15) is 9.59 Å². The van der Waals surface area contributed by atoms with Gasteiger partial charge >= 0.3 is 0 Å². The molecule has 23 heavy (non-hydrogen) atoms. The minimum atomic E-state index is -0.0360. The Balaban J connectivity index is 1.49. The fourth-order valence-electron chi connectivity index (χ4n) is 2.95. The summed E-state index contributed by atoms with van der Waals surface area (Å²) in [5, 5.41) is 2.91. The van der Waals surface area contributed by atoms with E-state index in [1.54, 1.807) is 29.4 Å². The molecule has 0 aliphatic carbocycles. The Labute approximate surface area is 139 Å². The highest BCUT2D eigenvalue weighted by molar-refractivity contribution is 7.09. The zero-order valence-corrected chi connectivity index (χ0v) is 14.1. The lowest BCUT2D eigenvalue weighted by atomic mass is 10.2. The van der Waals surface area contributed by atoms with Crippen LogP contribution in [0.4, 0.5) is 0 Å². The topological polar surface area (TPSA) is 66.0 Å². The summed E-state index contributed by atoms with van der Waals surface area (Å²) < 4.78 is 5.76. The van der Waals surface area contributed by atoms with Crippen molar-refractivity contribution in [1.29, 1.82) is 0 Å². The van der Waals surface area contributed by atoms with Gasteiger partial charge in [0, 0.05) is 57.8 Å². The number of amides is 2. The molecule has 0 aromatic carbocycles. The van der Waals surface area contributed by atoms with Crippen LogP contribution < -0.4 is 0 Å². The number of ether oxygens (including phenoxy) is 1. The first-order valence-electron chi connectivity index (χ1n) is 7.90. The molecule has 0 unspecified atom stereocenters. The average molecular weight is 338 g/mol. The van der Waals surface area contributed by atoms with Gasteiger partial charge < -0.3 is 14.5 Å². The molecular weight excluding hydrogens is 316 g/mol. The number of piperazine rings is 1. The van der Waals surface area contributed by atoms with Crippen LogP contribution in [0.15, 0.2) is 11.6 Å². The number of aromatic nitrogens is 1. The molecule has 0 saturated carbocycles. The second-order valence-corrected chi connectivity index (χ2v) is 6.78. The molecule has 0 spiro atoms. The van der Waals surface area contributed by atoms with Crippen molar-refractivity contribution in [2.24, 2.45) is 0 Å². The quantitative estimate of drug-likeness (QED) is 0.788. The van der Waals surface area contributed by atoms with Crippen LogP contribution in [-0.2, 0) is 14.3 Å². The Morgan fingerprint density at radius 2 is 2.00 bits per heavy atom. The summed E-state index contributed by atoms with van der Waals surface area (Å²) in [4.78, 5) is 33.9. The van der Waals surface area contributed by atoms with Crippen molar-refractivity contribution >= 4 is 23.2 Å². The van der Waals surface area contributed by atoms with Gasteiger partial charge in [-0.05, 0) is 0 Å². The number of carbonyl (C=O) groups is 2. The lowest BCUT2D eigenvalue weighted by Crippen LogP contribution is -2.53. The van der Waals surface area contributed by atoms with E-state index in [1.807, 2.05) is 10.3 Å². The van der Waals surface area contributed by atoms with E-state index in [0.717, 1.165) is 11.6 Å². The second-order valence-electron chi connectivity index (χ2n) is 5.85. The predicted molar refractivity (Wildman–Crippen MR) is 86.1 cm³/mol. The SMILES string of the molecule is CC(=O)N1CCN(C(=O)CN2CCO[C@@H](c3nccs3)C2)CC1. The lowest BCUT2D eigenvalue weighted by Gasteiger charge is -2.37. The summed E-state index contributed by atoms with van der Waals surface area (Å²) in [7, 11) is 0. The first-order valence-corrected chi connectivity index (χ1v) is 8.78. The van der Waals surface area contributed by atoms with Crippen molar-refractivity contribution in [2.45, 2.75) is 13.0 Å². The molecular formula is C15H22N4O3S. The first kappa shape index (κ1) is 16.4. The Bertz CT molecular complexity index is 543. The minimum absolute atomic E-state index is 0.0360. The third-order valence-corrected chi connectivity index (χ3v) is 5.18. The van der Waals surface area contributed by atoms with Crippen molar-refractivity contribution < 1.29 is 14.3 Å². The Morgan fingerprint density at radius 1 is 1.26 bits per heavy atom. The lowest BCUT2D eigenvalue weighted by molar-refractivity contribution is -0.140. The van der Waals surface area contributed by atoms with Crippen molar-refractivity contribution in [3.05, 3.63) is 16.6 Å². The van der Waals surface area contributed by atoms with Crippen LogP contribution in [0.25, 0.3) is 0 Å². The standard InChI is InChI=1S/C15H22N4O3S/c1-12(20)18-3-5-19(6-4-18)14(21)11-17-7-8-22-13(10-17)15-16-2-9-23-15/h2,9,13H,3-8,10-11H2,1H3/t13-/m1/s1. The molecule has 3 heterocycles. The molecule has 0 bridgehead atoms. The van der Waals surface area contributed by atoms with E-state index >= 15 is 0 Å². The predicted octanol–water partition coefficient (Wildman–Crippen LogP) is 0.207. The number of nitrogens with zero attached hydrogens (tertiary/aromatic N) is 4. The van der Waals surface area contributed by atoms with Gasteiger partial charge in [0.15, 0.2) is 0 Å². The minimum Gasteiger partial charge on any atom is -0.368 e. The summed E-state index contributed by atoms with van der Waals surface area (Å²) in [5.74, 6) is 0.213. The molecule has 2 fully saturated rings. The fraction of sp³-hybridized carbons (Fsp3) is 0.667. The van der Waals surface area contributed by atoms with Gasteiger partial charge in [-0.25, -0.2) is 4.98 Å². The zero-order valence-electron chi connectivity index (χ0n) is 13.3. The van der Waals surface area contributed by atoms with Gasteiger partial charge in [0.25, 0.3) is 0 Å². The summed E-state index contributed by atoms with van der Waals surface area (Å²) in [5.41, 5.74) is 0. The van der Waals surface area contributed by atoms with Gasteiger partial charge in [0.2, 0.25) is 11.8 Å².